The highest BCUT2D eigenvalue weighted by Crippen LogP contribution is 2.20. The van der Waals surface area contributed by atoms with Gasteiger partial charge in [-0.3, -0.25) is 4.79 Å². The maximum absolute atomic E-state index is 12.1. The van der Waals surface area contributed by atoms with Gasteiger partial charge in [0.15, 0.2) is 0 Å². The van der Waals surface area contributed by atoms with Gasteiger partial charge in [0.1, 0.15) is 0 Å². The van der Waals surface area contributed by atoms with Gasteiger partial charge in [-0.1, -0.05) is 32.1 Å². The Hall–Kier alpha value is -1.65. The van der Waals surface area contributed by atoms with Gasteiger partial charge in [0.25, 0.3) is 5.91 Å². The van der Waals surface area contributed by atoms with Gasteiger partial charge < -0.3 is 10.6 Å². The van der Waals surface area contributed by atoms with Crippen molar-refractivity contribution in [1.82, 2.24) is 15.3 Å². The molecule has 0 aromatic carbocycles. The summed E-state index contributed by atoms with van der Waals surface area (Å²) in [7, 11) is 0. The fourth-order valence-corrected chi connectivity index (χ4v) is 3.29. The number of carbonyl (C=O) groups is 1. The third-order valence-electron chi connectivity index (χ3n) is 4.54. The number of nitrogens with one attached hydrogen (secondary N) is 2. The number of aromatic nitrogens is 2. The van der Waals surface area contributed by atoms with Crippen LogP contribution in [0.5, 0.6) is 0 Å². The van der Waals surface area contributed by atoms with Crippen molar-refractivity contribution in [2.45, 2.75) is 69.9 Å². The van der Waals surface area contributed by atoms with Gasteiger partial charge in [-0.2, -0.15) is 0 Å². The standard InChI is InChI=1S/C16H24N4O/c21-15(19-13-8-4-5-9-13)12-10-17-16(18-11-12)20-14-6-2-1-3-7-14/h10-11,13-14H,1-9H2,(H,19,21)(H,17,18,20). The summed E-state index contributed by atoms with van der Waals surface area (Å²) in [6, 6.07) is 0.814. The van der Waals surface area contributed by atoms with Crippen molar-refractivity contribution in [1.29, 1.82) is 0 Å². The number of carbonyl (C=O) groups excluding carboxylic acids is 1. The highest BCUT2D eigenvalue weighted by Gasteiger charge is 2.19. The molecule has 21 heavy (non-hydrogen) atoms. The minimum absolute atomic E-state index is 0.0499. The van der Waals surface area contributed by atoms with Crippen LogP contribution in [0.3, 0.4) is 0 Å². The number of nitrogens with zero attached hydrogens (tertiary/aromatic N) is 2. The predicted molar refractivity (Wildman–Crippen MR) is 82.2 cm³/mol. The Morgan fingerprint density at radius 2 is 1.48 bits per heavy atom. The van der Waals surface area contributed by atoms with Crippen molar-refractivity contribution in [3.8, 4) is 0 Å². The highest BCUT2D eigenvalue weighted by atomic mass is 16.1. The third kappa shape index (κ3) is 3.93. The normalized spacial score (nSPS) is 20.4. The number of rotatable bonds is 4. The molecule has 0 saturated heterocycles. The van der Waals surface area contributed by atoms with Gasteiger partial charge in [-0.05, 0) is 25.7 Å². The van der Waals surface area contributed by atoms with Gasteiger partial charge in [0, 0.05) is 24.5 Å². The van der Waals surface area contributed by atoms with Crippen molar-refractivity contribution in [3.05, 3.63) is 18.0 Å². The topological polar surface area (TPSA) is 66.9 Å². The lowest BCUT2D eigenvalue weighted by molar-refractivity contribution is 0.0937. The average Bonchev–Trinajstić information content (AvgIpc) is 3.02. The summed E-state index contributed by atoms with van der Waals surface area (Å²) in [5.74, 6) is 0.588. The van der Waals surface area contributed by atoms with Gasteiger partial charge in [0.05, 0.1) is 5.56 Å². The van der Waals surface area contributed by atoms with Gasteiger partial charge in [-0.15, -0.1) is 0 Å². The first-order valence-electron chi connectivity index (χ1n) is 8.21. The van der Waals surface area contributed by atoms with Crippen LogP contribution in [-0.2, 0) is 0 Å². The zero-order chi connectivity index (χ0) is 14.5. The van der Waals surface area contributed by atoms with E-state index in [9.17, 15) is 4.79 Å². The van der Waals surface area contributed by atoms with E-state index in [0.717, 1.165) is 12.8 Å². The summed E-state index contributed by atoms with van der Waals surface area (Å²) in [5.41, 5.74) is 0.552. The second kappa shape index (κ2) is 6.87. The monoisotopic (exact) mass is 288 g/mol. The van der Waals surface area contributed by atoms with Crippen LogP contribution in [-0.4, -0.2) is 28.0 Å². The molecule has 3 rings (SSSR count). The summed E-state index contributed by atoms with van der Waals surface area (Å²) >= 11 is 0. The number of hydrogen-bond acceptors (Lipinski definition) is 4. The van der Waals surface area contributed by atoms with E-state index in [1.165, 1.54) is 44.9 Å². The van der Waals surface area contributed by atoms with E-state index in [-0.39, 0.29) is 5.91 Å². The zero-order valence-corrected chi connectivity index (χ0v) is 12.5. The Kier molecular flexibility index (Phi) is 4.68. The summed E-state index contributed by atoms with van der Waals surface area (Å²) in [4.78, 5) is 20.7. The second-order valence-electron chi connectivity index (χ2n) is 6.23. The van der Waals surface area contributed by atoms with E-state index < -0.39 is 0 Å². The van der Waals surface area contributed by atoms with Gasteiger partial charge >= 0.3 is 0 Å². The number of amides is 1. The van der Waals surface area contributed by atoms with E-state index >= 15 is 0 Å². The minimum Gasteiger partial charge on any atom is -0.351 e. The Morgan fingerprint density at radius 3 is 2.14 bits per heavy atom. The second-order valence-corrected chi connectivity index (χ2v) is 6.23. The molecule has 1 aromatic heterocycles. The van der Waals surface area contributed by atoms with Crippen LogP contribution < -0.4 is 10.6 Å². The summed E-state index contributed by atoms with van der Waals surface area (Å²) in [5, 5.41) is 6.42. The molecule has 0 bridgehead atoms. The molecule has 0 unspecified atom stereocenters. The van der Waals surface area contributed by atoms with Crippen LogP contribution in [0.15, 0.2) is 12.4 Å². The molecule has 0 aliphatic heterocycles. The Morgan fingerprint density at radius 1 is 0.905 bits per heavy atom. The number of hydrogen-bond donors (Lipinski definition) is 2. The SMILES string of the molecule is O=C(NC1CCCC1)c1cnc(NC2CCCCC2)nc1. The molecule has 1 aromatic rings. The molecule has 0 spiro atoms. The summed E-state index contributed by atoms with van der Waals surface area (Å²) in [6.45, 7) is 0. The van der Waals surface area contributed by atoms with Crippen LogP contribution in [0.25, 0.3) is 0 Å². The number of anilines is 1. The van der Waals surface area contributed by atoms with Crippen LogP contribution in [0.4, 0.5) is 5.95 Å². The first-order chi connectivity index (χ1) is 10.3. The molecule has 2 aliphatic carbocycles. The molecular weight excluding hydrogens is 264 g/mol. The quantitative estimate of drug-likeness (QED) is 0.894. The molecule has 2 saturated carbocycles. The van der Waals surface area contributed by atoms with E-state index in [4.69, 9.17) is 0 Å². The molecule has 2 aliphatic rings. The molecule has 5 nitrogen and oxygen atoms in total. The molecule has 114 valence electrons. The minimum atomic E-state index is -0.0499. The van der Waals surface area contributed by atoms with E-state index in [1.807, 2.05) is 0 Å². The van der Waals surface area contributed by atoms with Crippen LogP contribution >= 0.6 is 0 Å². The lowest BCUT2D eigenvalue weighted by atomic mass is 9.96. The first-order valence-corrected chi connectivity index (χ1v) is 8.21. The van der Waals surface area contributed by atoms with Gasteiger partial charge in [0.2, 0.25) is 5.95 Å². The van der Waals surface area contributed by atoms with Crippen molar-refractivity contribution >= 4 is 11.9 Å². The van der Waals surface area contributed by atoms with Crippen LogP contribution in [0.1, 0.15) is 68.1 Å². The van der Waals surface area contributed by atoms with E-state index in [0.29, 0.717) is 23.6 Å². The molecular formula is C16H24N4O. The van der Waals surface area contributed by atoms with E-state index in [1.54, 1.807) is 12.4 Å². The fourth-order valence-electron chi connectivity index (χ4n) is 3.29. The fraction of sp³-hybridized carbons (Fsp3) is 0.688. The lowest BCUT2D eigenvalue weighted by Gasteiger charge is -2.22. The van der Waals surface area contributed by atoms with E-state index in [2.05, 4.69) is 20.6 Å². The third-order valence-corrected chi connectivity index (χ3v) is 4.54. The average molecular weight is 288 g/mol. The highest BCUT2D eigenvalue weighted by molar-refractivity contribution is 5.93. The molecule has 2 N–H and O–H groups in total. The molecule has 1 amide bonds. The molecule has 5 heteroatoms. The Balaban J connectivity index is 1.54. The maximum Gasteiger partial charge on any atom is 0.254 e. The smallest absolute Gasteiger partial charge is 0.254 e. The Bertz CT molecular complexity index is 462. The summed E-state index contributed by atoms with van der Waals surface area (Å²) < 4.78 is 0. The largest absolute Gasteiger partial charge is 0.351 e. The van der Waals surface area contributed by atoms with Crippen molar-refractivity contribution in [3.63, 3.8) is 0 Å². The zero-order valence-electron chi connectivity index (χ0n) is 12.5. The molecule has 2 fully saturated rings. The van der Waals surface area contributed by atoms with Crippen LogP contribution in [0.2, 0.25) is 0 Å². The maximum atomic E-state index is 12.1. The first kappa shape index (κ1) is 14.3. The van der Waals surface area contributed by atoms with Crippen molar-refractivity contribution in [2.24, 2.45) is 0 Å². The van der Waals surface area contributed by atoms with Crippen LogP contribution in [0, 0.1) is 0 Å². The molecule has 0 atom stereocenters. The summed E-state index contributed by atoms with van der Waals surface area (Å²) in [6.07, 6.45) is 14.1. The lowest BCUT2D eigenvalue weighted by Crippen LogP contribution is -2.32. The van der Waals surface area contributed by atoms with Gasteiger partial charge in [-0.25, -0.2) is 9.97 Å². The predicted octanol–water partition coefficient (Wildman–Crippen LogP) is 2.89. The Labute approximate surface area is 125 Å². The molecule has 1 heterocycles. The van der Waals surface area contributed by atoms with Crippen molar-refractivity contribution < 1.29 is 4.79 Å². The van der Waals surface area contributed by atoms with Crippen molar-refractivity contribution in [2.75, 3.05) is 5.32 Å². The molecule has 0 radical (unpaired) electrons.